The highest BCUT2D eigenvalue weighted by Gasteiger charge is 2.34. The number of aliphatic hydroxyl groups is 1. The maximum absolute atomic E-state index is 9.49. The molecule has 0 radical (unpaired) electrons. The van der Waals surface area contributed by atoms with E-state index in [9.17, 15) is 5.11 Å². The highest BCUT2D eigenvalue weighted by Crippen LogP contribution is 2.39. The van der Waals surface area contributed by atoms with Crippen LogP contribution in [0.1, 0.15) is 30.4 Å². The Morgan fingerprint density at radius 1 is 1.00 bits per heavy atom. The van der Waals surface area contributed by atoms with Crippen LogP contribution in [0.4, 0.5) is 0 Å². The Kier molecular flexibility index (Phi) is 5.31. The minimum Gasteiger partial charge on any atom is -0.489 e. The van der Waals surface area contributed by atoms with E-state index in [0.29, 0.717) is 6.61 Å². The van der Waals surface area contributed by atoms with Gasteiger partial charge in [-0.25, -0.2) is 0 Å². The molecule has 1 aliphatic heterocycles. The summed E-state index contributed by atoms with van der Waals surface area (Å²) < 4.78 is 11.5. The molecule has 1 aliphatic rings. The van der Waals surface area contributed by atoms with Crippen molar-refractivity contribution in [2.45, 2.75) is 31.3 Å². The Balaban J connectivity index is 1.75. The lowest BCUT2D eigenvalue weighted by molar-refractivity contribution is 0.0399. The van der Waals surface area contributed by atoms with Gasteiger partial charge in [0.15, 0.2) is 0 Å². The van der Waals surface area contributed by atoms with E-state index in [0.717, 1.165) is 43.8 Å². The molecule has 1 saturated heterocycles. The van der Waals surface area contributed by atoms with Gasteiger partial charge in [0.25, 0.3) is 0 Å². The van der Waals surface area contributed by atoms with E-state index in [-0.39, 0.29) is 12.0 Å². The molecule has 3 nitrogen and oxygen atoms in total. The number of hydrogen-bond donors (Lipinski definition) is 1. The van der Waals surface area contributed by atoms with Crippen molar-refractivity contribution in [3.8, 4) is 5.75 Å². The molecule has 2 aromatic rings. The number of benzene rings is 2. The standard InChI is InChI=1S/C20H24O3/c21-12-9-20(10-13-22-14-11-20)18-7-4-8-19(15-18)23-16-17-5-2-1-3-6-17/h1-8,15,21H,9-14,16H2. The van der Waals surface area contributed by atoms with Crippen LogP contribution in [-0.4, -0.2) is 24.9 Å². The highest BCUT2D eigenvalue weighted by molar-refractivity contribution is 5.34. The van der Waals surface area contributed by atoms with E-state index in [4.69, 9.17) is 9.47 Å². The highest BCUT2D eigenvalue weighted by atomic mass is 16.5. The molecule has 1 N–H and O–H groups in total. The topological polar surface area (TPSA) is 38.7 Å². The Morgan fingerprint density at radius 3 is 2.52 bits per heavy atom. The minimum atomic E-state index is 0.0130. The van der Waals surface area contributed by atoms with Gasteiger partial charge in [0.2, 0.25) is 0 Å². The van der Waals surface area contributed by atoms with Crippen LogP contribution in [0, 0.1) is 0 Å². The van der Waals surface area contributed by atoms with Crippen molar-refractivity contribution in [2.75, 3.05) is 19.8 Å². The van der Waals surface area contributed by atoms with Crippen molar-refractivity contribution >= 4 is 0 Å². The summed E-state index contributed by atoms with van der Waals surface area (Å²) in [5.41, 5.74) is 2.42. The Hall–Kier alpha value is -1.84. The van der Waals surface area contributed by atoms with Crippen molar-refractivity contribution in [1.29, 1.82) is 0 Å². The maximum Gasteiger partial charge on any atom is 0.120 e. The molecule has 0 saturated carbocycles. The minimum absolute atomic E-state index is 0.0130. The number of rotatable bonds is 6. The fourth-order valence-corrected chi connectivity index (χ4v) is 3.32. The predicted molar refractivity (Wildman–Crippen MR) is 90.6 cm³/mol. The van der Waals surface area contributed by atoms with Crippen LogP contribution < -0.4 is 4.74 Å². The monoisotopic (exact) mass is 312 g/mol. The van der Waals surface area contributed by atoms with Gasteiger partial charge in [0.05, 0.1) is 0 Å². The van der Waals surface area contributed by atoms with E-state index in [1.54, 1.807) is 0 Å². The fraction of sp³-hybridized carbons (Fsp3) is 0.400. The lowest BCUT2D eigenvalue weighted by Gasteiger charge is -2.37. The van der Waals surface area contributed by atoms with Crippen molar-refractivity contribution in [3.63, 3.8) is 0 Å². The molecule has 0 bridgehead atoms. The molecule has 2 aromatic carbocycles. The van der Waals surface area contributed by atoms with Crippen molar-refractivity contribution in [1.82, 2.24) is 0 Å². The molecule has 3 heteroatoms. The lowest BCUT2D eigenvalue weighted by atomic mass is 9.72. The molecule has 0 aromatic heterocycles. The molecule has 0 unspecified atom stereocenters. The summed E-state index contributed by atoms with van der Waals surface area (Å²) in [6, 6.07) is 18.5. The Bertz CT molecular complexity index is 598. The van der Waals surface area contributed by atoms with Gasteiger partial charge in [0.1, 0.15) is 12.4 Å². The second kappa shape index (κ2) is 7.62. The van der Waals surface area contributed by atoms with Crippen LogP contribution in [-0.2, 0) is 16.8 Å². The molecule has 23 heavy (non-hydrogen) atoms. The largest absolute Gasteiger partial charge is 0.489 e. The van der Waals surface area contributed by atoms with Crippen LogP contribution in [0.25, 0.3) is 0 Å². The van der Waals surface area contributed by atoms with E-state index < -0.39 is 0 Å². The van der Waals surface area contributed by atoms with Gasteiger partial charge in [-0.2, -0.15) is 0 Å². The summed E-state index contributed by atoms with van der Waals surface area (Å²) >= 11 is 0. The van der Waals surface area contributed by atoms with Crippen LogP contribution in [0.2, 0.25) is 0 Å². The van der Waals surface area contributed by atoms with Crippen molar-refractivity contribution < 1.29 is 14.6 Å². The van der Waals surface area contributed by atoms with Crippen LogP contribution in [0.15, 0.2) is 54.6 Å². The zero-order valence-corrected chi connectivity index (χ0v) is 13.4. The van der Waals surface area contributed by atoms with Crippen LogP contribution in [0.3, 0.4) is 0 Å². The molecule has 0 spiro atoms. The number of ether oxygens (including phenoxy) is 2. The quantitative estimate of drug-likeness (QED) is 0.884. The average molecular weight is 312 g/mol. The molecule has 0 aliphatic carbocycles. The molecule has 1 fully saturated rings. The van der Waals surface area contributed by atoms with Gasteiger partial charge in [-0.3, -0.25) is 0 Å². The van der Waals surface area contributed by atoms with Gasteiger partial charge < -0.3 is 14.6 Å². The molecule has 0 atom stereocenters. The SMILES string of the molecule is OCCC1(c2cccc(OCc3ccccc3)c2)CCOCC1. The summed E-state index contributed by atoms with van der Waals surface area (Å²) in [7, 11) is 0. The first-order valence-electron chi connectivity index (χ1n) is 8.28. The predicted octanol–water partition coefficient (Wildman–Crippen LogP) is 3.70. The summed E-state index contributed by atoms with van der Waals surface area (Å²) in [5.74, 6) is 0.884. The van der Waals surface area contributed by atoms with Gasteiger partial charge in [-0.15, -0.1) is 0 Å². The lowest BCUT2D eigenvalue weighted by Crippen LogP contribution is -2.34. The summed E-state index contributed by atoms with van der Waals surface area (Å²) in [5, 5.41) is 9.49. The van der Waals surface area contributed by atoms with E-state index >= 15 is 0 Å². The average Bonchev–Trinajstić information content (AvgIpc) is 2.62. The first-order valence-corrected chi connectivity index (χ1v) is 8.28. The summed E-state index contributed by atoms with van der Waals surface area (Å²) in [6.45, 7) is 2.29. The number of hydrogen-bond acceptors (Lipinski definition) is 3. The third-order valence-electron chi connectivity index (χ3n) is 4.73. The smallest absolute Gasteiger partial charge is 0.120 e. The third-order valence-corrected chi connectivity index (χ3v) is 4.73. The molecule has 3 rings (SSSR count). The Morgan fingerprint density at radius 2 is 1.78 bits per heavy atom. The third kappa shape index (κ3) is 3.92. The summed E-state index contributed by atoms with van der Waals surface area (Å²) in [4.78, 5) is 0. The van der Waals surface area contributed by atoms with E-state index in [1.807, 2.05) is 30.3 Å². The molecule has 1 heterocycles. The number of aliphatic hydroxyl groups excluding tert-OH is 1. The zero-order chi connectivity index (χ0) is 16.0. The molecule has 0 amide bonds. The normalized spacial score (nSPS) is 16.9. The van der Waals surface area contributed by atoms with E-state index in [2.05, 4.69) is 24.3 Å². The molecule has 122 valence electrons. The molecular formula is C20H24O3. The second-order valence-corrected chi connectivity index (χ2v) is 6.17. The zero-order valence-electron chi connectivity index (χ0n) is 13.4. The van der Waals surface area contributed by atoms with Gasteiger partial charge in [-0.1, -0.05) is 42.5 Å². The summed E-state index contributed by atoms with van der Waals surface area (Å²) in [6.07, 6.45) is 2.68. The molecular weight excluding hydrogens is 288 g/mol. The van der Waals surface area contributed by atoms with Crippen molar-refractivity contribution in [2.24, 2.45) is 0 Å². The first kappa shape index (κ1) is 16.0. The van der Waals surface area contributed by atoms with Gasteiger partial charge in [0, 0.05) is 25.2 Å². The maximum atomic E-state index is 9.49. The fourth-order valence-electron chi connectivity index (χ4n) is 3.32. The van der Waals surface area contributed by atoms with Gasteiger partial charge in [-0.05, 0) is 42.5 Å². The van der Waals surface area contributed by atoms with Crippen LogP contribution in [0.5, 0.6) is 5.75 Å². The van der Waals surface area contributed by atoms with Gasteiger partial charge >= 0.3 is 0 Å². The second-order valence-electron chi connectivity index (χ2n) is 6.17. The van der Waals surface area contributed by atoms with Crippen LogP contribution >= 0.6 is 0 Å². The Labute approximate surface area is 137 Å². The van der Waals surface area contributed by atoms with Crippen molar-refractivity contribution in [3.05, 3.63) is 65.7 Å². The first-order chi connectivity index (χ1) is 11.3. The van der Waals surface area contributed by atoms with E-state index in [1.165, 1.54) is 5.56 Å².